The van der Waals surface area contributed by atoms with Gasteiger partial charge in [0.15, 0.2) is 0 Å². The van der Waals surface area contributed by atoms with Crippen LogP contribution in [0.25, 0.3) is 6.08 Å². The molecule has 1 aromatic rings. The molecule has 1 aliphatic carbocycles. The number of benzene rings is 1. The van der Waals surface area contributed by atoms with E-state index in [9.17, 15) is 0 Å². The molecule has 3 rings (SSSR count). The van der Waals surface area contributed by atoms with Gasteiger partial charge >= 0.3 is 0 Å². The average molecular weight is 167 g/mol. The van der Waals surface area contributed by atoms with Crippen LogP contribution in [0.5, 0.6) is 0 Å². The Labute approximate surface area is 77.1 Å². The van der Waals surface area contributed by atoms with Gasteiger partial charge in [-0.25, -0.2) is 0 Å². The van der Waals surface area contributed by atoms with Gasteiger partial charge in [0.05, 0.1) is 5.71 Å². The van der Waals surface area contributed by atoms with Crippen molar-refractivity contribution in [3.8, 4) is 0 Å². The van der Waals surface area contributed by atoms with Crippen LogP contribution >= 0.6 is 0 Å². The Balaban J connectivity index is 2.32. The molecule has 1 heteroatoms. The van der Waals surface area contributed by atoms with Crippen molar-refractivity contribution >= 4 is 11.8 Å². The third-order valence-corrected chi connectivity index (χ3v) is 2.50. The third kappa shape index (κ3) is 0.970. The van der Waals surface area contributed by atoms with Crippen LogP contribution in [0.2, 0.25) is 0 Å². The average Bonchev–Trinajstić information content (AvgIpc) is 2.18. The van der Waals surface area contributed by atoms with Crippen LogP contribution in [0, 0.1) is 0 Å². The zero-order valence-electron chi connectivity index (χ0n) is 7.20. The van der Waals surface area contributed by atoms with Crippen molar-refractivity contribution in [2.75, 3.05) is 0 Å². The first-order chi connectivity index (χ1) is 6.43. The predicted octanol–water partition coefficient (Wildman–Crippen LogP) is 2.79. The number of hydrogen-bond acceptors (Lipinski definition) is 1. The highest BCUT2D eigenvalue weighted by Gasteiger charge is 2.15. The second-order valence-corrected chi connectivity index (χ2v) is 3.37. The monoisotopic (exact) mass is 167 g/mol. The summed E-state index contributed by atoms with van der Waals surface area (Å²) in [5.74, 6) is 0. The van der Waals surface area contributed by atoms with Gasteiger partial charge in [0.2, 0.25) is 0 Å². The summed E-state index contributed by atoms with van der Waals surface area (Å²) in [4.78, 5) is 4.39. The summed E-state index contributed by atoms with van der Waals surface area (Å²) in [6.07, 6.45) is 7.21. The summed E-state index contributed by atoms with van der Waals surface area (Å²) in [6, 6.07) is 8.42. The molecule has 1 aromatic carbocycles. The Morgan fingerprint density at radius 3 is 3.08 bits per heavy atom. The van der Waals surface area contributed by atoms with E-state index in [1.54, 1.807) is 0 Å². The smallest absolute Gasteiger partial charge is 0.0525 e. The summed E-state index contributed by atoms with van der Waals surface area (Å²) < 4.78 is 0. The molecule has 0 saturated carbocycles. The van der Waals surface area contributed by atoms with Gasteiger partial charge in [-0.3, -0.25) is 4.99 Å². The van der Waals surface area contributed by atoms with Crippen molar-refractivity contribution in [3.63, 3.8) is 0 Å². The highest BCUT2D eigenvalue weighted by atomic mass is 14.7. The zero-order valence-corrected chi connectivity index (χ0v) is 7.20. The molecule has 0 aromatic heterocycles. The topological polar surface area (TPSA) is 12.4 Å². The van der Waals surface area contributed by atoms with E-state index in [4.69, 9.17) is 0 Å². The molecular formula is C12H9N. The number of nitrogens with zero attached hydrogens (tertiary/aromatic N) is 1. The molecule has 0 N–H and O–H groups in total. The predicted molar refractivity (Wildman–Crippen MR) is 54.7 cm³/mol. The summed E-state index contributed by atoms with van der Waals surface area (Å²) in [6.45, 7) is 0. The number of hydrogen-bond donors (Lipinski definition) is 0. The van der Waals surface area contributed by atoms with Crippen molar-refractivity contribution < 1.29 is 0 Å². The second kappa shape index (κ2) is 2.43. The summed E-state index contributed by atoms with van der Waals surface area (Å²) in [7, 11) is 0. The molecule has 1 aliphatic heterocycles. The van der Waals surface area contributed by atoms with Crippen molar-refractivity contribution in [3.05, 3.63) is 53.2 Å². The molecule has 2 bridgehead atoms. The molecule has 0 unspecified atom stereocenters. The normalized spacial score (nSPS) is 17.5. The Bertz CT molecular complexity index is 450. The van der Waals surface area contributed by atoms with E-state index in [2.05, 4.69) is 41.4 Å². The van der Waals surface area contributed by atoms with E-state index in [0.29, 0.717) is 0 Å². The van der Waals surface area contributed by atoms with Crippen LogP contribution < -0.4 is 0 Å². The van der Waals surface area contributed by atoms with Gasteiger partial charge in [-0.15, -0.1) is 0 Å². The van der Waals surface area contributed by atoms with Gasteiger partial charge < -0.3 is 0 Å². The van der Waals surface area contributed by atoms with Gasteiger partial charge in [-0.05, 0) is 17.2 Å². The fourth-order valence-corrected chi connectivity index (χ4v) is 1.87. The molecule has 13 heavy (non-hydrogen) atoms. The molecule has 2 aliphatic rings. The summed E-state index contributed by atoms with van der Waals surface area (Å²) in [5.41, 5.74) is 5.15. The van der Waals surface area contributed by atoms with Crippen LogP contribution in [0.15, 0.2) is 47.1 Å². The van der Waals surface area contributed by atoms with Crippen molar-refractivity contribution in [1.29, 1.82) is 0 Å². The Morgan fingerprint density at radius 2 is 2.08 bits per heavy atom. The van der Waals surface area contributed by atoms with Gasteiger partial charge in [0.25, 0.3) is 0 Å². The number of rotatable bonds is 0. The lowest BCUT2D eigenvalue weighted by atomic mass is 9.89. The third-order valence-electron chi connectivity index (χ3n) is 2.50. The van der Waals surface area contributed by atoms with Gasteiger partial charge in [-0.2, -0.15) is 0 Å². The lowest BCUT2D eigenvalue weighted by molar-refractivity contribution is 1.25. The molecule has 1 heterocycles. The van der Waals surface area contributed by atoms with E-state index < -0.39 is 0 Å². The summed E-state index contributed by atoms with van der Waals surface area (Å²) >= 11 is 0. The maximum Gasteiger partial charge on any atom is 0.0525 e. The van der Waals surface area contributed by atoms with E-state index in [1.165, 1.54) is 22.4 Å². The molecule has 62 valence electrons. The van der Waals surface area contributed by atoms with Gasteiger partial charge in [-0.1, -0.05) is 30.3 Å². The quantitative estimate of drug-likeness (QED) is 0.563. The molecule has 0 fully saturated rings. The van der Waals surface area contributed by atoms with E-state index >= 15 is 0 Å². The minimum atomic E-state index is 0.994. The zero-order chi connectivity index (χ0) is 8.67. The van der Waals surface area contributed by atoms with Crippen LogP contribution in [-0.2, 0) is 0 Å². The van der Waals surface area contributed by atoms with E-state index in [1.807, 2.05) is 6.20 Å². The molecular weight excluding hydrogens is 158 g/mol. The van der Waals surface area contributed by atoms with Crippen molar-refractivity contribution in [1.82, 2.24) is 0 Å². The number of aliphatic imine (C=N–C) groups is 1. The Kier molecular flexibility index (Phi) is 1.28. The maximum atomic E-state index is 4.39. The molecule has 0 amide bonds. The van der Waals surface area contributed by atoms with Crippen LogP contribution in [-0.4, -0.2) is 5.71 Å². The lowest BCUT2D eigenvalue weighted by Gasteiger charge is -2.18. The maximum absolute atomic E-state index is 4.39. The van der Waals surface area contributed by atoms with Gasteiger partial charge in [0.1, 0.15) is 0 Å². The molecule has 0 saturated heterocycles. The molecule has 0 radical (unpaired) electrons. The van der Waals surface area contributed by atoms with Crippen LogP contribution in [0.1, 0.15) is 17.5 Å². The first-order valence-corrected chi connectivity index (χ1v) is 4.47. The fourth-order valence-electron chi connectivity index (χ4n) is 1.87. The molecule has 0 spiro atoms. The Morgan fingerprint density at radius 1 is 1.15 bits per heavy atom. The SMILES string of the molecule is C1=CC2=Cc3ccccc3C(=N1)C2. The largest absolute Gasteiger partial charge is 0.260 e. The molecule has 0 atom stereocenters. The van der Waals surface area contributed by atoms with Crippen molar-refractivity contribution in [2.45, 2.75) is 6.42 Å². The minimum absolute atomic E-state index is 0.994. The Hall–Kier alpha value is -1.63. The lowest BCUT2D eigenvalue weighted by Crippen LogP contribution is -2.10. The first kappa shape index (κ1) is 6.84. The van der Waals surface area contributed by atoms with Crippen LogP contribution in [0.3, 0.4) is 0 Å². The highest BCUT2D eigenvalue weighted by molar-refractivity contribution is 6.08. The van der Waals surface area contributed by atoms with Gasteiger partial charge in [0, 0.05) is 18.2 Å². The number of fused-ring (bicyclic) bond motifs is 4. The minimum Gasteiger partial charge on any atom is -0.260 e. The second-order valence-electron chi connectivity index (χ2n) is 3.37. The fraction of sp³-hybridized carbons (Fsp3) is 0.0833. The summed E-state index contributed by atoms with van der Waals surface area (Å²) in [5, 5.41) is 0. The number of allylic oxidation sites excluding steroid dienone is 2. The van der Waals surface area contributed by atoms with E-state index in [0.717, 1.165) is 6.42 Å². The van der Waals surface area contributed by atoms with Crippen LogP contribution in [0.4, 0.5) is 0 Å². The van der Waals surface area contributed by atoms with E-state index in [-0.39, 0.29) is 0 Å². The first-order valence-electron chi connectivity index (χ1n) is 4.47. The van der Waals surface area contributed by atoms with Crippen molar-refractivity contribution in [2.24, 2.45) is 4.99 Å². The molecule has 1 nitrogen and oxygen atoms in total. The standard InChI is InChI=1S/C12H9N/c1-2-4-11-10(3-1)7-9-5-6-13-12(11)8-9/h1-7H,8H2. The highest BCUT2D eigenvalue weighted by Crippen LogP contribution is 2.27.